The fourth-order valence-corrected chi connectivity index (χ4v) is 2.99. The van der Waals surface area contributed by atoms with Crippen LogP contribution in [0.25, 0.3) is 11.4 Å². The molecule has 32 heavy (non-hydrogen) atoms. The van der Waals surface area contributed by atoms with Crippen molar-refractivity contribution in [3.63, 3.8) is 0 Å². The smallest absolute Gasteiger partial charge is 0.273 e. The number of rotatable bonds is 7. The predicted molar refractivity (Wildman–Crippen MR) is 117 cm³/mol. The van der Waals surface area contributed by atoms with Crippen molar-refractivity contribution in [3.05, 3.63) is 60.2 Å². The number of carbonyl (C=O) groups is 1. The van der Waals surface area contributed by atoms with Crippen molar-refractivity contribution in [3.8, 4) is 17.1 Å². The van der Waals surface area contributed by atoms with E-state index in [0.717, 1.165) is 0 Å². The van der Waals surface area contributed by atoms with Gasteiger partial charge in [-0.25, -0.2) is 4.98 Å². The van der Waals surface area contributed by atoms with Crippen LogP contribution < -0.4 is 20.7 Å². The van der Waals surface area contributed by atoms with Crippen molar-refractivity contribution in [2.24, 2.45) is 0 Å². The Bertz CT molecular complexity index is 1240. The van der Waals surface area contributed by atoms with Crippen LogP contribution >= 0.6 is 0 Å². The predicted octanol–water partition coefficient (Wildman–Crippen LogP) is 3.09. The normalized spacial score (nSPS) is 10.5. The highest BCUT2D eigenvalue weighted by molar-refractivity contribution is 5.99. The topological polar surface area (TPSA) is 140 Å². The lowest BCUT2D eigenvalue weighted by atomic mass is 10.1. The van der Waals surface area contributed by atoms with Gasteiger partial charge in [0.1, 0.15) is 5.82 Å². The van der Waals surface area contributed by atoms with Crippen LogP contribution in [0.5, 0.6) is 5.75 Å². The van der Waals surface area contributed by atoms with Crippen molar-refractivity contribution >= 4 is 28.9 Å². The Morgan fingerprint density at radius 2 is 1.91 bits per heavy atom. The molecule has 0 unspecified atom stereocenters. The molecule has 0 aliphatic carbocycles. The number of para-hydroxylation sites is 1. The largest absolute Gasteiger partial charge is 0.494 e. The maximum absolute atomic E-state index is 12.4. The third kappa shape index (κ3) is 4.31. The average Bonchev–Trinajstić information content (AvgIpc) is 3.25. The van der Waals surface area contributed by atoms with E-state index in [1.807, 2.05) is 24.3 Å². The molecule has 0 aliphatic heterocycles. The number of carbonyl (C=O) groups excluding carboxylic acids is 1. The molecule has 1 amide bonds. The van der Waals surface area contributed by atoms with Crippen LogP contribution in [0.2, 0.25) is 0 Å². The third-order valence-corrected chi connectivity index (χ3v) is 4.41. The van der Waals surface area contributed by atoms with Crippen molar-refractivity contribution in [2.75, 3.05) is 24.8 Å². The molecule has 0 saturated heterocycles. The first-order valence-electron chi connectivity index (χ1n) is 9.61. The van der Waals surface area contributed by atoms with Gasteiger partial charge in [0.2, 0.25) is 11.7 Å². The Hall–Kier alpha value is -4.54. The number of aryl methyl sites for hydroxylation is 1. The highest BCUT2D eigenvalue weighted by atomic mass is 16.5. The van der Waals surface area contributed by atoms with Crippen LogP contribution in [0.3, 0.4) is 0 Å². The monoisotopic (exact) mass is 432 g/mol. The molecule has 0 aliphatic rings. The van der Waals surface area contributed by atoms with Gasteiger partial charge in [-0.2, -0.15) is 4.98 Å². The van der Waals surface area contributed by atoms with E-state index in [1.165, 1.54) is 14.2 Å². The van der Waals surface area contributed by atoms with Gasteiger partial charge in [-0.3, -0.25) is 4.79 Å². The van der Waals surface area contributed by atoms with E-state index < -0.39 is 5.91 Å². The number of benzene rings is 1. The van der Waals surface area contributed by atoms with Crippen molar-refractivity contribution in [2.45, 2.75) is 6.92 Å². The molecule has 0 saturated carbocycles. The Morgan fingerprint density at radius 3 is 2.59 bits per heavy atom. The first-order chi connectivity index (χ1) is 15.6. The summed E-state index contributed by atoms with van der Waals surface area (Å²) in [6.45, 7) is 1.71. The second-order valence-electron chi connectivity index (χ2n) is 6.56. The van der Waals surface area contributed by atoms with E-state index in [9.17, 15) is 4.79 Å². The molecule has 11 heteroatoms. The van der Waals surface area contributed by atoms with Crippen LogP contribution in [0.1, 0.15) is 16.4 Å². The molecule has 3 aromatic heterocycles. The summed E-state index contributed by atoms with van der Waals surface area (Å²) in [5.41, 5.74) is 1.73. The van der Waals surface area contributed by atoms with E-state index in [4.69, 9.17) is 9.26 Å². The maximum atomic E-state index is 12.4. The third-order valence-electron chi connectivity index (χ3n) is 4.41. The lowest BCUT2D eigenvalue weighted by molar-refractivity contribution is 0.0958. The highest BCUT2D eigenvalue weighted by Crippen LogP contribution is 2.37. The molecule has 3 heterocycles. The minimum atomic E-state index is -0.395. The Kier molecular flexibility index (Phi) is 5.88. The first kappa shape index (κ1) is 20.7. The standard InChI is InChI=1S/C21H20N8O3/c1-12-24-20(29-32-12)13-7-6-8-14(19(13)31-3)25-15-11-17(26-16-9-4-5-10-23-16)27-28-18(15)21(30)22-2/h4-11H,1-3H3,(H,22,30)(H2,23,25,26,27). The SMILES string of the molecule is CNC(=O)c1nnc(Nc2ccccn2)cc1Nc1cccc(-c2noc(C)n2)c1OC. The Balaban J connectivity index is 1.74. The number of pyridine rings is 1. The average molecular weight is 432 g/mol. The molecule has 0 spiro atoms. The number of hydrogen-bond donors (Lipinski definition) is 3. The zero-order chi connectivity index (χ0) is 22.5. The number of ether oxygens (including phenoxy) is 1. The summed E-state index contributed by atoms with van der Waals surface area (Å²) in [6.07, 6.45) is 1.66. The molecule has 0 bridgehead atoms. The van der Waals surface area contributed by atoms with Gasteiger partial charge in [-0.1, -0.05) is 17.3 Å². The summed E-state index contributed by atoms with van der Waals surface area (Å²) in [5.74, 6) is 1.90. The van der Waals surface area contributed by atoms with Crippen LogP contribution in [0.15, 0.2) is 53.2 Å². The van der Waals surface area contributed by atoms with Gasteiger partial charge < -0.3 is 25.2 Å². The second kappa shape index (κ2) is 9.08. The maximum Gasteiger partial charge on any atom is 0.273 e. The van der Waals surface area contributed by atoms with E-state index in [-0.39, 0.29) is 5.69 Å². The van der Waals surface area contributed by atoms with Gasteiger partial charge in [-0.05, 0) is 24.3 Å². The number of methoxy groups -OCH3 is 1. The summed E-state index contributed by atoms with van der Waals surface area (Å²) in [5, 5.41) is 21.0. The van der Waals surface area contributed by atoms with Crippen molar-refractivity contribution < 1.29 is 14.1 Å². The van der Waals surface area contributed by atoms with Gasteiger partial charge in [-0.15, -0.1) is 10.2 Å². The molecule has 3 N–H and O–H groups in total. The van der Waals surface area contributed by atoms with Crippen molar-refractivity contribution in [1.29, 1.82) is 0 Å². The fourth-order valence-electron chi connectivity index (χ4n) is 2.99. The first-order valence-corrected chi connectivity index (χ1v) is 9.61. The molecular formula is C21H20N8O3. The molecule has 0 atom stereocenters. The summed E-state index contributed by atoms with van der Waals surface area (Å²) < 4.78 is 10.7. The Labute approximate surface area is 183 Å². The van der Waals surface area contributed by atoms with Crippen LogP contribution in [0.4, 0.5) is 23.0 Å². The number of anilines is 4. The number of amides is 1. The molecule has 0 radical (unpaired) electrons. The number of nitrogens with one attached hydrogen (secondary N) is 3. The summed E-state index contributed by atoms with van der Waals surface area (Å²) in [6, 6.07) is 12.5. The number of hydrogen-bond acceptors (Lipinski definition) is 10. The van der Waals surface area contributed by atoms with Gasteiger partial charge in [0.25, 0.3) is 5.91 Å². The molecule has 4 aromatic rings. The zero-order valence-electron chi connectivity index (χ0n) is 17.6. The molecule has 4 rings (SSSR count). The van der Waals surface area contributed by atoms with E-state index in [1.54, 1.807) is 31.3 Å². The van der Waals surface area contributed by atoms with Gasteiger partial charge in [0.05, 0.1) is 24.0 Å². The molecule has 162 valence electrons. The van der Waals surface area contributed by atoms with E-state index in [0.29, 0.717) is 46.0 Å². The summed E-state index contributed by atoms with van der Waals surface area (Å²) in [4.78, 5) is 20.9. The minimum Gasteiger partial charge on any atom is -0.494 e. The Morgan fingerprint density at radius 1 is 1.03 bits per heavy atom. The lowest BCUT2D eigenvalue weighted by Gasteiger charge is -2.16. The van der Waals surface area contributed by atoms with Crippen LogP contribution in [-0.4, -0.2) is 45.4 Å². The molecular weight excluding hydrogens is 412 g/mol. The van der Waals surface area contributed by atoms with Gasteiger partial charge in [0, 0.05) is 26.2 Å². The van der Waals surface area contributed by atoms with Gasteiger partial charge in [0.15, 0.2) is 17.3 Å². The van der Waals surface area contributed by atoms with E-state index in [2.05, 4.69) is 41.3 Å². The fraction of sp³-hybridized carbons (Fsp3) is 0.143. The molecule has 0 fully saturated rings. The molecule has 1 aromatic carbocycles. The quantitative estimate of drug-likeness (QED) is 0.399. The highest BCUT2D eigenvalue weighted by Gasteiger charge is 2.19. The number of nitrogens with zero attached hydrogens (tertiary/aromatic N) is 5. The van der Waals surface area contributed by atoms with Gasteiger partial charge >= 0.3 is 0 Å². The summed E-state index contributed by atoms with van der Waals surface area (Å²) in [7, 11) is 3.06. The van der Waals surface area contributed by atoms with Crippen LogP contribution in [0, 0.1) is 6.92 Å². The van der Waals surface area contributed by atoms with Crippen LogP contribution in [-0.2, 0) is 0 Å². The summed E-state index contributed by atoms with van der Waals surface area (Å²) >= 11 is 0. The number of aromatic nitrogens is 5. The molecule has 11 nitrogen and oxygen atoms in total. The lowest BCUT2D eigenvalue weighted by Crippen LogP contribution is -2.21. The second-order valence-corrected chi connectivity index (χ2v) is 6.56. The van der Waals surface area contributed by atoms with Crippen molar-refractivity contribution in [1.82, 2.24) is 30.6 Å². The van der Waals surface area contributed by atoms with E-state index >= 15 is 0 Å². The minimum absolute atomic E-state index is 0.113. The zero-order valence-corrected chi connectivity index (χ0v) is 17.6.